The van der Waals surface area contributed by atoms with E-state index in [2.05, 4.69) is 11.9 Å². The maximum Gasteiger partial charge on any atom is 0.320 e. The van der Waals surface area contributed by atoms with Crippen molar-refractivity contribution in [2.24, 2.45) is 5.92 Å². The Hall–Kier alpha value is -0.830. The van der Waals surface area contributed by atoms with Crippen LogP contribution in [0.2, 0.25) is 0 Å². The zero-order valence-electron chi connectivity index (χ0n) is 6.42. The first-order valence-corrected chi connectivity index (χ1v) is 3.82. The highest BCUT2D eigenvalue weighted by Gasteiger charge is 2.31. The van der Waals surface area contributed by atoms with E-state index in [9.17, 15) is 4.79 Å². The van der Waals surface area contributed by atoms with E-state index in [4.69, 9.17) is 5.11 Å². The second kappa shape index (κ2) is 3.53. The number of nitrogens with one attached hydrogen (secondary N) is 1. The molecule has 1 aliphatic rings. The third kappa shape index (κ3) is 1.80. The van der Waals surface area contributed by atoms with Crippen LogP contribution in [-0.4, -0.2) is 23.7 Å². The van der Waals surface area contributed by atoms with Gasteiger partial charge < -0.3 is 10.4 Å². The number of carboxylic acid groups (broad SMARTS) is 1. The number of hydrogen-bond donors (Lipinski definition) is 2. The topological polar surface area (TPSA) is 49.3 Å². The van der Waals surface area contributed by atoms with Crippen LogP contribution in [0.1, 0.15) is 12.8 Å². The van der Waals surface area contributed by atoms with E-state index in [1.54, 1.807) is 6.08 Å². The molecule has 0 aromatic heterocycles. The molecule has 0 amide bonds. The molecule has 0 bridgehead atoms. The second-order valence-corrected chi connectivity index (χ2v) is 2.84. The van der Waals surface area contributed by atoms with Gasteiger partial charge in [0.1, 0.15) is 6.04 Å². The minimum atomic E-state index is -0.741. The van der Waals surface area contributed by atoms with Crippen LogP contribution in [0.15, 0.2) is 12.7 Å². The first-order valence-electron chi connectivity index (χ1n) is 3.82. The third-order valence-electron chi connectivity index (χ3n) is 2.09. The van der Waals surface area contributed by atoms with Gasteiger partial charge in [0.15, 0.2) is 0 Å². The van der Waals surface area contributed by atoms with Crippen LogP contribution in [0.25, 0.3) is 0 Å². The summed E-state index contributed by atoms with van der Waals surface area (Å²) in [6.07, 6.45) is 3.53. The van der Waals surface area contributed by atoms with Crippen LogP contribution < -0.4 is 5.32 Å². The van der Waals surface area contributed by atoms with Gasteiger partial charge in [-0.3, -0.25) is 4.79 Å². The van der Waals surface area contributed by atoms with Crippen molar-refractivity contribution in [1.29, 1.82) is 0 Å². The molecule has 62 valence electrons. The van der Waals surface area contributed by atoms with Gasteiger partial charge in [0, 0.05) is 0 Å². The molecule has 0 aromatic rings. The molecule has 0 aromatic carbocycles. The Balaban J connectivity index is 2.50. The lowest BCUT2D eigenvalue weighted by Crippen LogP contribution is -2.35. The Labute approximate surface area is 66.1 Å². The van der Waals surface area contributed by atoms with Crippen LogP contribution in [-0.2, 0) is 4.79 Å². The minimum Gasteiger partial charge on any atom is -0.480 e. The van der Waals surface area contributed by atoms with Gasteiger partial charge in [-0.05, 0) is 25.3 Å². The zero-order valence-corrected chi connectivity index (χ0v) is 6.42. The average molecular weight is 155 g/mol. The van der Waals surface area contributed by atoms with E-state index < -0.39 is 5.97 Å². The minimum absolute atomic E-state index is 0.241. The van der Waals surface area contributed by atoms with Crippen molar-refractivity contribution >= 4 is 5.97 Å². The summed E-state index contributed by atoms with van der Waals surface area (Å²) < 4.78 is 0. The molecule has 1 aliphatic heterocycles. The number of allylic oxidation sites excluding steroid dienone is 1. The highest BCUT2D eigenvalue weighted by Crippen LogP contribution is 2.19. The van der Waals surface area contributed by atoms with Gasteiger partial charge in [-0.15, -0.1) is 6.58 Å². The molecule has 0 spiro atoms. The fourth-order valence-corrected chi connectivity index (χ4v) is 1.51. The molecule has 1 heterocycles. The predicted molar refractivity (Wildman–Crippen MR) is 42.3 cm³/mol. The van der Waals surface area contributed by atoms with Crippen molar-refractivity contribution in [3.8, 4) is 0 Å². The van der Waals surface area contributed by atoms with Gasteiger partial charge in [-0.25, -0.2) is 0 Å². The molecular formula is C8H13NO2. The first kappa shape index (κ1) is 8.27. The van der Waals surface area contributed by atoms with Gasteiger partial charge in [0.25, 0.3) is 0 Å². The summed E-state index contributed by atoms with van der Waals surface area (Å²) in [5, 5.41) is 11.7. The molecular weight excluding hydrogens is 142 g/mol. The highest BCUT2D eigenvalue weighted by atomic mass is 16.4. The maximum atomic E-state index is 10.6. The third-order valence-corrected chi connectivity index (χ3v) is 2.09. The SMILES string of the molecule is C=CCC1CCN[C@@H]1C(=O)O. The lowest BCUT2D eigenvalue weighted by molar-refractivity contribution is -0.140. The number of aliphatic carboxylic acids is 1. The van der Waals surface area contributed by atoms with E-state index in [-0.39, 0.29) is 12.0 Å². The van der Waals surface area contributed by atoms with E-state index in [0.717, 1.165) is 19.4 Å². The van der Waals surface area contributed by atoms with Crippen LogP contribution in [0.5, 0.6) is 0 Å². The molecule has 1 saturated heterocycles. The Morgan fingerprint density at radius 1 is 1.82 bits per heavy atom. The quantitative estimate of drug-likeness (QED) is 0.587. The summed E-state index contributed by atoms with van der Waals surface area (Å²) in [5.74, 6) is -0.501. The fraction of sp³-hybridized carbons (Fsp3) is 0.625. The molecule has 0 radical (unpaired) electrons. The van der Waals surface area contributed by atoms with E-state index >= 15 is 0 Å². The fourth-order valence-electron chi connectivity index (χ4n) is 1.51. The number of rotatable bonds is 3. The number of carboxylic acids is 1. The maximum absolute atomic E-state index is 10.6. The molecule has 3 nitrogen and oxygen atoms in total. The Morgan fingerprint density at radius 3 is 3.09 bits per heavy atom. The van der Waals surface area contributed by atoms with Gasteiger partial charge in [0.05, 0.1) is 0 Å². The van der Waals surface area contributed by atoms with Gasteiger partial charge in [-0.1, -0.05) is 6.08 Å². The van der Waals surface area contributed by atoms with Crippen molar-refractivity contribution < 1.29 is 9.90 Å². The van der Waals surface area contributed by atoms with Crippen molar-refractivity contribution in [3.05, 3.63) is 12.7 Å². The zero-order chi connectivity index (χ0) is 8.27. The lowest BCUT2D eigenvalue weighted by atomic mass is 9.97. The Kier molecular flexibility index (Phi) is 2.65. The van der Waals surface area contributed by atoms with Gasteiger partial charge in [0.2, 0.25) is 0 Å². The summed E-state index contributed by atoms with van der Waals surface area (Å²) in [4.78, 5) is 10.6. The van der Waals surface area contributed by atoms with E-state index in [0.29, 0.717) is 0 Å². The van der Waals surface area contributed by atoms with Crippen molar-refractivity contribution in [1.82, 2.24) is 5.32 Å². The second-order valence-electron chi connectivity index (χ2n) is 2.84. The standard InChI is InChI=1S/C8H13NO2/c1-2-3-6-4-5-9-7(6)8(10)11/h2,6-7,9H,1,3-5H2,(H,10,11)/t6?,7-/m0/s1. The first-order chi connectivity index (χ1) is 5.25. The Bertz CT molecular complexity index is 167. The van der Waals surface area contributed by atoms with Crippen LogP contribution >= 0.6 is 0 Å². The molecule has 2 N–H and O–H groups in total. The Morgan fingerprint density at radius 2 is 2.55 bits per heavy atom. The summed E-state index contributed by atoms with van der Waals surface area (Å²) in [6.45, 7) is 4.41. The van der Waals surface area contributed by atoms with Crippen LogP contribution in [0, 0.1) is 5.92 Å². The summed E-state index contributed by atoms with van der Waals surface area (Å²) in [5.41, 5.74) is 0. The summed E-state index contributed by atoms with van der Waals surface area (Å²) in [7, 11) is 0. The van der Waals surface area contributed by atoms with Crippen LogP contribution in [0.4, 0.5) is 0 Å². The summed E-state index contributed by atoms with van der Waals surface area (Å²) >= 11 is 0. The van der Waals surface area contributed by atoms with Gasteiger partial charge >= 0.3 is 5.97 Å². The molecule has 11 heavy (non-hydrogen) atoms. The predicted octanol–water partition coefficient (Wildman–Crippen LogP) is 0.625. The van der Waals surface area contributed by atoms with E-state index in [1.807, 2.05) is 0 Å². The highest BCUT2D eigenvalue weighted by molar-refractivity contribution is 5.74. The normalized spacial score (nSPS) is 30.2. The van der Waals surface area contributed by atoms with Crippen LogP contribution in [0.3, 0.4) is 0 Å². The monoisotopic (exact) mass is 155 g/mol. The molecule has 0 saturated carbocycles. The molecule has 0 aliphatic carbocycles. The molecule has 3 heteroatoms. The molecule has 1 unspecified atom stereocenters. The smallest absolute Gasteiger partial charge is 0.320 e. The summed E-state index contributed by atoms with van der Waals surface area (Å²) in [6, 6.07) is -0.354. The average Bonchev–Trinajstić information content (AvgIpc) is 2.36. The lowest BCUT2D eigenvalue weighted by Gasteiger charge is -2.12. The number of hydrogen-bond acceptors (Lipinski definition) is 2. The van der Waals surface area contributed by atoms with Crippen molar-refractivity contribution in [2.75, 3.05) is 6.54 Å². The van der Waals surface area contributed by atoms with Crippen molar-refractivity contribution in [2.45, 2.75) is 18.9 Å². The molecule has 1 rings (SSSR count). The van der Waals surface area contributed by atoms with E-state index in [1.165, 1.54) is 0 Å². The van der Waals surface area contributed by atoms with Crippen molar-refractivity contribution in [3.63, 3.8) is 0 Å². The number of carbonyl (C=O) groups is 1. The molecule has 1 fully saturated rings. The molecule has 2 atom stereocenters. The van der Waals surface area contributed by atoms with Gasteiger partial charge in [-0.2, -0.15) is 0 Å². The largest absolute Gasteiger partial charge is 0.480 e.